The lowest BCUT2D eigenvalue weighted by Gasteiger charge is -1.98. The minimum atomic E-state index is 0.680. The highest BCUT2D eigenvalue weighted by molar-refractivity contribution is 5.91. The maximum Gasteiger partial charge on any atom is 0.238 e. The van der Waals surface area contributed by atoms with Crippen molar-refractivity contribution in [1.82, 2.24) is 19.1 Å². The van der Waals surface area contributed by atoms with Crippen LogP contribution in [0.2, 0.25) is 0 Å². The van der Waals surface area contributed by atoms with Gasteiger partial charge < -0.3 is 4.52 Å². The van der Waals surface area contributed by atoms with Crippen molar-refractivity contribution in [3.05, 3.63) is 60.3 Å². The van der Waals surface area contributed by atoms with Crippen LogP contribution in [0.3, 0.4) is 0 Å². The van der Waals surface area contributed by atoms with Crippen molar-refractivity contribution in [2.45, 2.75) is 6.92 Å². The lowest BCUT2D eigenvalue weighted by Crippen LogP contribution is -1.92. The van der Waals surface area contributed by atoms with Crippen molar-refractivity contribution in [3.8, 4) is 5.88 Å². The SMILES string of the molecule is Cc1cc(-n2c3ccccc3n3c4ccccc4nc23)on1. The summed E-state index contributed by atoms with van der Waals surface area (Å²) in [7, 11) is 0. The van der Waals surface area contributed by atoms with Crippen LogP contribution in [-0.4, -0.2) is 19.1 Å². The number of benzene rings is 2. The molecule has 0 atom stereocenters. The summed E-state index contributed by atoms with van der Waals surface area (Å²) >= 11 is 0. The standard InChI is InChI=1S/C17H12N4O/c1-11-10-16(22-19-11)21-15-9-5-4-8-14(15)20-13-7-3-2-6-12(13)18-17(20)21/h2-10H,1H3. The van der Waals surface area contributed by atoms with Crippen LogP contribution in [0.5, 0.6) is 0 Å². The van der Waals surface area contributed by atoms with Gasteiger partial charge in [0.1, 0.15) is 0 Å². The van der Waals surface area contributed by atoms with Gasteiger partial charge in [-0.05, 0) is 31.2 Å². The first-order valence-electron chi connectivity index (χ1n) is 7.13. The van der Waals surface area contributed by atoms with Crippen molar-refractivity contribution in [3.63, 3.8) is 0 Å². The van der Waals surface area contributed by atoms with Crippen LogP contribution in [0.15, 0.2) is 59.1 Å². The first-order chi connectivity index (χ1) is 10.8. The van der Waals surface area contributed by atoms with E-state index in [2.05, 4.69) is 27.8 Å². The molecule has 0 unspecified atom stereocenters. The molecule has 5 nitrogen and oxygen atoms in total. The quantitative estimate of drug-likeness (QED) is 0.472. The van der Waals surface area contributed by atoms with Gasteiger partial charge in [0.15, 0.2) is 0 Å². The second-order valence-electron chi connectivity index (χ2n) is 5.37. The predicted octanol–water partition coefficient (Wildman–Crippen LogP) is 3.73. The van der Waals surface area contributed by atoms with Crippen LogP contribution < -0.4 is 0 Å². The molecule has 0 radical (unpaired) electrons. The highest BCUT2D eigenvalue weighted by atomic mass is 16.5. The Morgan fingerprint density at radius 3 is 2.41 bits per heavy atom. The first-order valence-corrected chi connectivity index (χ1v) is 7.13. The van der Waals surface area contributed by atoms with Crippen LogP contribution >= 0.6 is 0 Å². The van der Waals surface area contributed by atoms with Gasteiger partial charge >= 0.3 is 0 Å². The van der Waals surface area contributed by atoms with E-state index in [9.17, 15) is 0 Å². The fraction of sp³-hybridized carbons (Fsp3) is 0.0588. The molecule has 106 valence electrons. The summed E-state index contributed by atoms with van der Waals surface area (Å²) in [5.41, 5.74) is 5.05. The molecular weight excluding hydrogens is 276 g/mol. The molecule has 0 aliphatic rings. The van der Waals surface area contributed by atoms with Crippen LogP contribution in [0.1, 0.15) is 5.69 Å². The Morgan fingerprint density at radius 1 is 0.909 bits per heavy atom. The Labute approximate surface area is 125 Å². The number of para-hydroxylation sites is 4. The molecule has 5 aromatic rings. The fourth-order valence-electron chi connectivity index (χ4n) is 3.02. The summed E-state index contributed by atoms with van der Waals surface area (Å²) in [6.45, 7) is 1.91. The minimum absolute atomic E-state index is 0.680. The zero-order valence-corrected chi connectivity index (χ0v) is 11.9. The highest BCUT2D eigenvalue weighted by Crippen LogP contribution is 2.28. The second-order valence-corrected chi connectivity index (χ2v) is 5.37. The third kappa shape index (κ3) is 1.37. The molecule has 0 fully saturated rings. The van der Waals surface area contributed by atoms with Gasteiger partial charge in [-0.1, -0.05) is 29.4 Å². The molecule has 0 saturated carbocycles. The molecule has 3 aromatic heterocycles. The number of aromatic nitrogens is 4. The van der Waals surface area contributed by atoms with Crippen LogP contribution in [-0.2, 0) is 0 Å². The van der Waals surface area contributed by atoms with E-state index in [0.29, 0.717) is 5.88 Å². The maximum atomic E-state index is 5.48. The average Bonchev–Trinajstić information content (AvgIpc) is 3.19. The molecule has 0 saturated heterocycles. The summed E-state index contributed by atoms with van der Waals surface area (Å²) in [4.78, 5) is 4.78. The van der Waals surface area contributed by atoms with Gasteiger partial charge in [0.05, 0.1) is 27.8 Å². The number of fused-ring (bicyclic) bond motifs is 5. The molecule has 3 heterocycles. The topological polar surface area (TPSA) is 48.3 Å². The van der Waals surface area contributed by atoms with Gasteiger partial charge in [0.2, 0.25) is 11.7 Å². The molecule has 0 spiro atoms. The van der Waals surface area contributed by atoms with Crippen molar-refractivity contribution in [1.29, 1.82) is 0 Å². The smallest absolute Gasteiger partial charge is 0.238 e. The molecule has 0 N–H and O–H groups in total. The lowest BCUT2D eigenvalue weighted by molar-refractivity contribution is 0.405. The van der Waals surface area contributed by atoms with E-state index in [0.717, 1.165) is 33.5 Å². The lowest BCUT2D eigenvalue weighted by atomic mass is 10.3. The third-order valence-corrected chi connectivity index (χ3v) is 3.94. The third-order valence-electron chi connectivity index (χ3n) is 3.94. The van der Waals surface area contributed by atoms with Gasteiger partial charge in [0, 0.05) is 6.07 Å². The maximum absolute atomic E-state index is 5.48. The van der Waals surface area contributed by atoms with E-state index in [1.807, 2.05) is 47.9 Å². The zero-order chi connectivity index (χ0) is 14.7. The molecule has 0 aliphatic heterocycles. The Hall–Kier alpha value is -3.08. The Kier molecular flexibility index (Phi) is 2.09. The molecule has 2 aromatic carbocycles. The van der Waals surface area contributed by atoms with Gasteiger partial charge in [-0.15, -0.1) is 0 Å². The summed E-state index contributed by atoms with van der Waals surface area (Å²) in [5, 5.41) is 4.01. The average molecular weight is 288 g/mol. The van der Waals surface area contributed by atoms with Gasteiger partial charge in [-0.25, -0.2) is 9.55 Å². The van der Waals surface area contributed by atoms with Gasteiger partial charge in [-0.2, -0.15) is 0 Å². The fourth-order valence-corrected chi connectivity index (χ4v) is 3.02. The molecule has 5 heteroatoms. The summed E-state index contributed by atoms with van der Waals surface area (Å²) in [5.74, 6) is 1.51. The predicted molar refractivity (Wildman–Crippen MR) is 84.3 cm³/mol. The number of hydrogen-bond donors (Lipinski definition) is 0. The highest BCUT2D eigenvalue weighted by Gasteiger charge is 2.18. The number of rotatable bonds is 1. The summed E-state index contributed by atoms with van der Waals surface area (Å²) in [6.07, 6.45) is 0. The Balaban J connectivity index is 2.06. The van der Waals surface area contributed by atoms with Crippen molar-refractivity contribution < 1.29 is 4.52 Å². The summed E-state index contributed by atoms with van der Waals surface area (Å²) < 4.78 is 9.65. The van der Waals surface area contributed by atoms with Gasteiger partial charge in [0.25, 0.3) is 0 Å². The second kappa shape index (κ2) is 3.98. The summed E-state index contributed by atoms with van der Waals surface area (Å²) in [6, 6.07) is 18.3. The Morgan fingerprint density at radius 2 is 1.64 bits per heavy atom. The van der Waals surface area contributed by atoms with E-state index in [1.54, 1.807) is 0 Å². The molecule has 0 bridgehead atoms. The van der Waals surface area contributed by atoms with E-state index in [4.69, 9.17) is 9.51 Å². The van der Waals surface area contributed by atoms with Crippen molar-refractivity contribution in [2.24, 2.45) is 0 Å². The van der Waals surface area contributed by atoms with Crippen LogP contribution in [0.25, 0.3) is 33.7 Å². The van der Waals surface area contributed by atoms with E-state index < -0.39 is 0 Å². The largest absolute Gasteiger partial charge is 0.338 e. The number of aryl methyl sites for hydroxylation is 1. The molecular formula is C17H12N4O. The molecule has 22 heavy (non-hydrogen) atoms. The number of nitrogens with zero attached hydrogens (tertiary/aromatic N) is 4. The zero-order valence-electron chi connectivity index (χ0n) is 11.9. The van der Waals surface area contributed by atoms with Crippen molar-refractivity contribution >= 4 is 27.8 Å². The first kappa shape index (κ1) is 11.6. The molecule has 0 amide bonds. The van der Waals surface area contributed by atoms with Crippen molar-refractivity contribution in [2.75, 3.05) is 0 Å². The normalized spacial score (nSPS) is 11.9. The number of imidazole rings is 2. The molecule has 0 aliphatic carbocycles. The van der Waals surface area contributed by atoms with Crippen LogP contribution in [0, 0.1) is 6.92 Å². The van der Waals surface area contributed by atoms with Crippen LogP contribution in [0.4, 0.5) is 0 Å². The monoisotopic (exact) mass is 288 g/mol. The van der Waals surface area contributed by atoms with Gasteiger partial charge in [-0.3, -0.25) is 4.40 Å². The van der Waals surface area contributed by atoms with E-state index in [1.165, 1.54) is 0 Å². The Bertz CT molecular complexity index is 1150. The molecule has 5 rings (SSSR count). The van der Waals surface area contributed by atoms with E-state index in [-0.39, 0.29) is 0 Å². The van der Waals surface area contributed by atoms with E-state index >= 15 is 0 Å². The minimum Gasteiger partial charge on any atom is -0.338 e. The number of hydrogen-bond acceptors (Lipinski definition) is 3.